The van der Waals surface area contributed by atoms with Crippen molar-refractivity contribution in [3.8, 4) is 0 Å². The van der Waals surface area contributed by atoms with Crippen LogP contribution < -0.4 is 5.73 Å². The number of unbranched alkanes of at least 4 members (excludes halogenated alkanes) is 7. The fraction of sp³-hybridized carbons (Fsp3) is 1.00. The normalized spacial score (nSPS) is 21.3. The van der Waals surface area contributed by atoms with Gasteiger partial charge in [0.15, 0.2) is 0 Å². The molecule has 0 aromatic heterocycles. The molecule has 1 rings (SSSR count). The maximum atomic E-state index is 6.18. The number of rotatable bonds is 11. The molecule has 1 heterocycles. The van der Waals surface area contributed by atoms with Crippen LogP contribution in [0.3, 0.4) is 0 Å². The minimum atomic E-state index is 0.414. The van der Waals surface area contributed by atoms with Gasteiger partial charge in [0.1, 0.15) is 0 Å². The van der Waals surface area contributed by atoms with E-state index in [-0.39, 0.29) is 0 Å². The Hall–Kier alpha value is -0.0800. The second-order valence-electron chi connectivity index (χ2n) is 5.99. The average molecular weight is 255 g/mol. The van der Waals surface area contributed by atoms with Crippen LogP contribution in [0.1, 0.15) is 77.6 Å². The van der Waals surface area contributed by atoms with E-state index in [2.05, 4.69) is 6.92 Å². The SMILES string of the molecule is CCCCCCCCCCC(N)CC1CCOC1. The molecule has 1 saturated heterocycles. The van der Waals surface area contributed by atoms with Gasteiger partial charge in [0.25, 0.3) is 0 Å². The van der Waals surface area contributed by atoms with Gasteiger partial charge < -0.3 is 10.5 Å². The molecule has 0 spiro atoms. The molecule has 0 aromatic rings. The van der Waals surface area contributed by atoms with E-state index in [9.17, 15) is 0 Å². The molecule has 0 saturated carbocycles. The summed E-state index contributed by atoms with van der Waals surface area (Å²) in [6.07, 6.45) is 14.8. The summed E-state index contributed by atoms with van der Waals surface area (Å²) in [5, 5.41) is 0. The largest absolute Gasteiger partial charge is 0.381 e. The molecule has 0 aliphatic carbocycles. The van der Waals surface area contributed by atoms with E-state index < -0.39 is 0 Å². The van der Waals surface area contributed by atoms with Gasteiger partial charge in [0.05, 0.1) is 0 Å². The number of hydrogen-bond acceptors (Lipinski definition) is 2. The van der Waals surface area contributed by atoms with Gasteiger partial charge in [0.2, 0.25) is 0 Å². The first-order valence-corrected chi connectivity index (χ1v) is 8.16. The zero-order valence-corrected chi connectivity index (χ0v) is 12.3. The van der Waals surface area contributed by atoms with Crippen LogP contribution in [-0.4, -0.2) is 19.3 Å². The zero-order chi connectivity index (χ0) is 13.1. The predicted molar refractivity (Wildman–Crippen MR) is 78.7 cm³/mol. The fourth-order valence-electron chi connectivity index (χ4n) is 2.86. The number of hydrogen-bond donors (Lipinski definition) is 1. The Morgan fingerprint density at radius 1 is 1.06 bits per heavy atom. The number of nitrogens with two attached hydrogens (primary N) is 1. The first-order chi connectivity index (χ1) is 8.83. The summed E-state index contributed by atoms with van der Waals surface area (Å²) >= 11 is 0. The molecule has 2 atom stereocenters. The van der Waals surface area contributed by atoms with Crippen LogP contribution in [0.25, 0.3) is 0 Å². The lowest BCUT2D eigenvalue weighted by atomic mass is 9.96. The van der Waals surface area contributed by atoms with Gasteiger partial charge >= 0.3 is 0 Å². The molecule has 2 heteroatoms. The Kier molecular flexibility index (Phi) is 9.59. The van der Waals surface area contributed by atoms with E-state index in [0.717, 1.165) is 19.1 Å². The third-order valence-electron chi connectivity index (χ3n) is 4.09. The maximum absolute atomic E-state index is 6.18. The summed E-state index contributed by atoms with van der Waals surface area (Å²) in [6, 6.07) is 0.414. The summed E-state index contributed by atoms with van der Waals surface area (Å²) in [5.41, 5.74) is 6.18. The van der Waals surface area contributed by atoms with Crippen LogP contribution >= 0.6 is 0 Å². The van der Waals surface area contributed by atoms with Gasteiger partial charge in [-0.15, -0.1) is 0 Å². The van der Waals surface area contributed by atoms with Crippen molar-refractivity contribution in [1.29, 1.82) is 0 Å². The molecular weight excluding hydrogens is 222 g/mol. The first kappa shape index (κ1) is 16.0. The van der Waals surface area contributed by atoms with Gasteiger partial charge in [-0.1, -0.05) is 58.3 Å². The van der Waals surface area contributed by atoms with E-state index in [1.807, 2.05) is 0 Å². The highest BCUT2D eigenvalue weighted by Gasteiger charge is 2.18. The fourth-order valence-corrected chi connectivity index (χ4v) is 2.86. The lowest BCUT2D eigenvalue weighted by Gasteiger charge is -2.15. The second kappa shape index (κ2) is 10.8. The highest BCUT2D eigenvalue weighted by Crippen LogP contribution is 2.19. The molecule has 0 amide bonds. The van der Waals surface area contributed by atoms with Gasteiger partial charge in [-0.2, -0.15) is 0 Å². The first-order valence-electron chi connectivity index (χ1n) is 8.16. The van der Waals surface area contributed by atoms with E-state index in [1.54, 1.807) is 0 Å². The van der Waals surface area contributed by atoms with Gasteiger partial charge in [-0.3, -0.25) is 0 Å². The minimum absolute atomic E-state index is 0.414. The molecule has 0 radical (unpaired) electrons. The molecular formula is C16H33NO. The van der Waals surface area contributed by atoms with Gasteiger partial charge in [-0.05, 0) is 25.2 Å². The van der Waals surface area contributed by atoms with Crippen molar-refractivity contribution in [3.63, 3.8) is 0 Å². The minimum Gasteiger partial charge on any atom is -0.381 e. The molecule has 2 N–H and O–H groups in total. The molecule has 1 fully saturated rings. The maximum Gasteiger partial charge on any atom is 0.0495 e. The Morgan fingerprint density at radius 3 is 2.33 bits per heavy atom. The summed E-state index contributed by atoms with van der Waals surface area (Å²) in [6.45, 7) is 4.18. The summed E-state index contributed by atoms with van der Waals surface area (Å²) in [4.78, 5) is 0. The van der Waals surface area contributed by atoms with Crippen LogP contribution in [0.15, 0.2) is 0 Å². The molecule has 2 unspecified atom stereocenters. The van der Waals surface area contributed by atoms with Crippen LogP contribution in [0.2, 0.25) is 0 Å². The lowest BCUT2D eigenvalue weighted by Crippen LogP contribution is -2.23. The molecule has 18 heavy (non-hydrogen) atoms. The Balaban J connectivity index is 1.81. The summed E-state index contributed by atoms with van der Waals surface area (Å²) < 4.78 is 5.39. The highest BCUT2D eigenvalue weighted by atomic mass is 16.5. The predicted octanol–water partition coefficient (Wildman–Crippen LogP) is 4.27. The van der Waals surface area contributed by atoms with Crippen molar-refractivity contribution >= 4 is 0 Å². The molecule has 1 aliphatic heterocycles. The quantitative estimate of drug-likeness (QED) is 0.560. The smallest absolute Gasteiger partial charge is 0.0495 e. The third-order valence-corrected chi connectivity index (χ3v) is 4.09. The molecule has 108 valence electrons. The molecule has 0 aromatic carbocycles. The van der Waals surface area contributed by atoms with E-state index in [0.29, 0.717) is 6.04 Å². The van der Waals surface area contributed by atoms with Crippen molar-refractivity contribution in [3.05, 3.63) is 0 Å². The third kappa shape index (κ3) is 8.10. The Labute approximate surface area is 114 Å². The lowest BCUT2D eigenvalue weighted by molar-refractivity contribution is 0.182. The van der Waals surface area contributed by atoms with E-state index in [1.165, 1.54) is 70.6 Å². The van der Waals surface area contributed by atoms with Gasteiger partial charge in [-0.25, -0.2) is 0 Å². The van der Waals surface area contributed by atoms with Crippen molar-refractivity contribution in [2.45, 2.75) is 83.6 Å². The van der Waals surface area contributed by atoms with Crippen molar-refractivity contribution in [1.82, 2.24) is 0 Å². The van der Waals surface area contributed by atoms with Crippen LogP contribution in [0, 0.1) is 5.92 Å². The molecule has 2 nitrogen and oxygen atoms in total. The Morgan fingerprint density at radius 2 is 1.72 bits per heavy atom. The monoisotopic (exact) mass is 255 g/mol. The van der Waals surface area contributed by atoms with E-state index >= 15 is 0 Å². The van der Waals surface area contributed by atoms with Crippen molar-refractivity contribution in [2.75, 3.05) is 13.2 Å². The van der Waals surface area contributed by atoms with Gasteiger partial charge in [0, 0.05) is 19.3 Å². The van der Waals surface area contributed by atoms with Crippen LogP contribution in [-0.2, 0) is 4.74 Å². The van der Waals surface area contributed by atoms with E-state index in [4.69, 9.17) is 10.5 Å². The number of ether oxygens (including phenoxy) is 1. The highest BCUT2D eigenvalue weighted by molar-refractivity contribution is 4.71. The van der Waals surface area contributed by atoms with Crippen LogP contribution in [0.5, 0.6) is 0 Å². The van der Waals surface area contributed by atoms with Crippen LogP contribution in [0.4, 0.5) is 0 Å². The summed E-state index contributed by atoms with van der Waals surface area (Å²) in [5.74, 6) is 0.744. The molecule has 0 bridgehead atoms. The second-order valence-corrected chi connectivity index (χ2v) is 5.99. The Bertz CT molecular complexity index is 178. The average Bonchev–Trinajstić information content (AvgIpc) is 2.85. The van der Waals surface area contributed by atoms with Crippen molar-refractivity contribution < 1.29 is 4.74 Å². The zero-order valence-electron chi connectivity index (χ0n) is 12.3. The molecule has 1 aliphatic rings. The van der Waals surface area contributed by atoms with Crippen molar-refractivity contribution in [2.24, 2.45) is 11.7 Å². The summed E-state index contributed by atoms with van der Waals surface area (Å²) in [7, 11) is 0. The standard InChI is InChI=1S/C16H33NO/c1-2-3-4-5-6-7-8-9-10-16(17)13-15-11-12-18-14-15/h15-16H,2-14,17H2,1H3. The topological polar surface area (TPSA) is 35.2 Å².